The second kappa shape index (κ2) is 4.66. The maximum Gasteiger partial charge on any atom is 0.213 e. The van der Waals surface area contributed by atoms with Crippen LogP contribution in [0.5, 0.6) is 0 Å². The number of hydrogen-bond donors (Lipinski definition) is 2. The highest BCUT2D eigenvalue weighted by Gasteiger charge is 2.44. The maximum atomic E-state index is 11.0. The molecule has 1 aromatic rings. The molecule has 1 aliphatic heterocycles. The van der Waals surface area contributed by atoms with Gasteiger partial charge in [0.05, 0.1) is 6.04 Å². The average Bonchev–Trinajstić information content (AvgIpc) is 2.82. The molecule has 0 radical (unpaired) electrons. The average molecular weight is 247 g/mol. The van der Waals surface area contributed by atoms with Crippen molar-refractivity contribution in [2.75, 3.05) is 0 Å². The van der Waals surface area contributed by atoms with Crippen LogP contribution in [0.2, 0.25) is 0 Å². The first-order valence-electron chi connectivity index (χ1n) is 6.45. The van der Waals surface area contributed by atoms with Crippen LogP contribution in [0.15, 0.2) is 30.3 Å². The Bertz CT molecular complexity index is 437. The first-order chi connectivity index (χ1) is 8.75. The minimum atomic E-state index is -0.376. The van der Waals surface area contributed by atoms with Crippen molar-refractivity contribution in [3.05, 3.63) is 46.0 Å². The lowest BCUT2D eigenvalue weighted by atomic mass is 9.77. The molecular formula is C13H17N3O2. The predicted molar refractivity (Wildman–Crippen MR) is 67.4 cm³/mol. The molecule has 18 heavy (non-hydrogen) atoms. The molecule has 0 bridgehead atoms. The summed E-state index contributed by atoms with van der Waals surface area (Å²) in [5.41, 5.74) is 7.81. The second-order valence-corrected chi connectivity index (χ2v) is 5.20. The monoisotopic (exact) mass is 247 g/mol. The Morgan fingerprint density at radius 1 is 1.17 bits per heavy atom. The van der Waals surface area contributed by atoms with Crippen LogP contribution >= 0.6 is 0 Å². The van der Waals surface area contributed by atoms with Gasteiger partial charge in [-0.25, -0.2) is 5.43 Å². The molecule has 1 heterocycles. The normalized spacial score (nSPS) is 35.1. The van der Waals surface area contributed by atoms with Crippen molar-refractivity contribution in [3.8, 4) is 0 Å². The third kappa shape index (κ3) is 2.00. The summed E-state index contributed by atoms with van der Waals surface area (Å²) >= 11 is 0. The van der Waals surface area contributed by atoms with Crippen LogP contribution in [0.4, 0.5) is 0 Å². The van der Waals surface area contributed by atoms with E-state index in [0.717, 1.165) is 6.42 Å². The van der Waals surface area contributed by atoms with Gasteiger partial charge in [-0.15, -0.1) is 0 Å². The van der Waals surface area contributed by atoms with Crippen molar-refractivity contribution >= 4 is 0 Å². The van der Waals surface area contributed by atoms with Crippen molar-refractivity contribution in [1.29, 1.82) is 0 Å². The molecule has 2 N–H and O–H groups in total. The number of benzene rings is 1. The Labute approximate surface area is 106 Å². The Morgan fingerprint density at radius 2 is 1.94 bits per heavy atom. The largest absolute Gasteiger partial charge is 0.264 e. The fourth-order valence-corrected chi connectivity index (χ4v) is 3.22. The molecule has 3 rings (SSSR count). The number of hydrogen-bond acceptors (Lipinski definition) is 4. The molecule has 5 heteroatoms. The standard InChI is InChI=1S/C13H17N3O2/c17-16(18)10-6-7-12-11(8-10)13(15-14-12)9-4-2-1-3-5-9/h1-5,10-15H,6-8H2. The van der Waals surface area contributed by atoms with Gasteiger partial charge in [0.2, 0.25) is 6.04 Å². The lowest BCUT2D eigenvalue weighted by Crippen LogP contribution is -2.39. The fraction of sp³-hybridized carbons (Fsp3) is 0.538. The number of nitrogens with one attached hydrogen (secondary N) is 2. The summed E-state index contributed by atoms with van der Waals surface area (Å²) in [5.74, 6) is 0.316. The van der Waals surface area contributed by atoms with Crippen LogP contribution < -0.4 is 10.9 Å². The summed E-state index contributed by atoms with van der Waals surface area (Å²) in [6, 6.07) is 10.4. The van der Waals surface area contributed by atoms with Crippen molar-refractivity contribution in [3.63, 3.8) is 0 Å². The number of nitro groups is 1. The Morgan fingerprint density at radius 3 is 2.67 bits per heavy atom. The zero-order valence-electron chi connectivity index (χ0n) is 10.1. The fourth-order valence-electron chi connectivity index (χ4n) is 3.22. The summed E-state index contributed by atoms with van der Waals surface area (Å²) in [7, 11) is 0. The van der Waals surface area contributed by atoms with E-state index in [2.05, 4.69) is 23.0 Å². The van der Waals surface area contributed by atoms with Gasteiger partial charge in [-0.1, -0.05) is 30.3 Å². The van der Waals surface area contributed by atoms with Gasteiger partial charge in [0.25, 0.3) is 0 Å². The molecule has 4 unspecified atom stereocenters. The smallest absolute Gasteiger partial charge is 0.213 e. The lowest BCUT2D eigenvalue weighted by molar-refractivity contribution is -0.528. The van der Waals surface area contributed by atoms with E-state index in [9.17, 15) is 10.1 Å². The highest BCUT2D eigenvalue weighted by molar-refractivity contribution is 5.21. The second-order valence-electron chi connectivity index (χ2n) is 5.20. The zero-order chi connectivity index (χ0) is 12.5. The van der Waals surface area contributed by atoms with E-state index in [0.29, 0.717) is 24.8 Å². The molecule has 5 nitrogen and oxygen atoms in total. The van der Waals surface area contributed by atoms with E-state index in [1.807, 2.05) is 18.2 Å². The van der Waals surface area contributed by atoms with Crippen molar-refractivity contribution in [1.82, 2.24) is 10.9 Å². The first-order valence-corrected chi connectivity index (χ1v) is 6.45. The van der Waals surface area contributed by atoms with Gasteiger partial charge in [-0.05, 0) is 12.0 Å². The van der Waals surface area contributed by atoms with Crippen LogP contribution in [0.3, 0.4) is 0 Å². The predicted octanol–water partition coefficient (Wildman–Crippen LogP) is 1.65. The maximum absolute atomic E-state index is 11.0. The van der Waals surface area contributed by atoms with E-state index >= 15 is 0 Å². The molecule has 1 aliphatic carbocycles. The number of rotatable bonds is 2. The molecule has 0 aromatic heterocycles. The molecule has 0 amide bonds. The number of nitrogens with zero attached hydrogens (tertiary/aromatic N) is 1. The molecule has 1 saturated heterocycles. The van der Waals surface area contributed by atoms with E-state index < -0.39 is 0 Å². The van der Waals surface area contributed by atoms with Gasteiger partial charge in [0.15, 0.2) is 0 Å². The number of fused-ring (bicyclic) bond motifs is 1. The highest BCUT2D eigenvalue weighted by atomic mass is 16.6. The third-order valence-electron chi connectivity index (χ3n) is 4.18. The van der Waals surface area contributed by atoms with Crippen LogP contribution in [-0.2, 0) is 0 Å². The highest BCUT2D eigenvalue weighted by Crippen LogP contribution is 2.38. The van der Waals surface area contributed by atoms with Gasteiger partial charge in [-0.3, -0.25) is 15.5 Å². The molecular weight excluding hydrogens is 230 g/mol. The summed E-state index contributed by atoms with van der Waals surface area (Å²) in [6.45, 7) is 0. The third-order valence-corrected chi connectivity index (χ3v) is 4.18. The molecule has 96 valence electrons. The molecule has 1 saturated carbocycles. The molecule has 0 spiro atoms. The van der Waals surface area contributed by atoms with Gasteiger partial charge < -0.3 is 0 Å². The summed E-state index contributed by atoms with van der Waals surface area (Å²) < 4.78 is 0. The summed E-state index contributed by atoms with van der Waals surface area (Å²) in [5, 5.41) is 11.0. The van der Waals surface area contributed by atoms with Crippen molar-refractivity contribution in [2.24, 2.45) is 5.92 Å². The molecule has 2 aliphatic rings. The van der Waals surface area contributed by atoms with Gasteiger partial charge >= 0.3 is 0 Å². The van der Waals surface area contributed by atoms with Crippen LogP contribution in [0, 0.1) is 16.0 Å². The molecule has 1 aromatic carbocycles. The van der Waals surface area contributed by atoms with E-state index in [4.69, 9.17) is 0 Å². The van der Waals surface area contributed by atoms with Crippen LogP contribution in [0.1, 0.15) is 30.9 Å². The molecule has 4 atom stereocenters. The van der Waals surface area contributed by atoms with E-state index in [1.165, 1.54) is 5.56 Å². The summed E-state index contributed by atoms with van der Waals surface area (Å²) in [6.07, 6.45) is 2.23. The zero-order valence-corrected chi connectivity index (χ0v) is 10.1. The SMILES string of the molecule is O=[N+]([O-])C1CCC2NNC(c3ccccc3)C2C1. The quantitative estimate of drug-likeness (QED) is 0.616. The Balaban J connectivity index is 1.80. The number of hydrazine groups is 1. The van der Waals surface area contributed by atoms with Crippen LogP contribution in [0.25, 0.3) is 0 Å². The van der Waals surface area contributed by atoms with E-state index in [-0.39, 0.29) is 17.0 Å². The minimum absolute atomic E-state index is 0.114. The Kier molecular flexibility index (Phi) is 3.01. The topological polar surface area (TPSA) is 67.2 Å². The van der Waals surface area contributed by atoms with E-state index in [1.54, 1.807) is 0 Å². The minimum Gasteiger partial charge on any atom is -0.264 e. The van der Waals surface area contributed by atoms with Crippen LogP contribution in [-0.4, -0.2) is 17.0 Å². The van der Waals surface area contributed by atoms with Crippen molar-refractivity contribution in [2.45, 2.75) is 37.4 Å². The lowest BCUT2D eigenvalue weighted by Gasteiger charge is -2.29. The summed E-state index contributed by atoms with van der Waals surface area (Å²) in [4.78, 5) is 10.8. The van der Waals surface area contributed by atoms with Crippen molar-refractivity contribution < 1.29 is 4.92 Å². The Hall–Kier alpha value is -1.46. The van der Waals surface area contributed by atoms with Gasteiger partial charge in [0.1, 0.15) is 0 Å². The van der Waals surface area contributed by atoms with Gasteiger partial charge in [-0.2, -0.15) is 0 Å². The van der Waals surface area contributed by atoms with Gasteiger partial charge in [0, 0.05) is 29.7 Å². The first kappa shape index (κ1) is 11.6. The molecule has 2 fully saturated rings.